The minimum Gasteiger partial charge on any atom is -0.352 e. The second-order valence-electron chi connectivity index (χ2n) is 6.73. The van der Waals surface area contributed by atoms with Gasteiger partial charge in [0.05, 0.1) is 22.4 Å². The maximum Gasteiger partial charge on any atom is 0.183 e. The number of fused-ring (bicyclic) bond motifs is 1. The van der Waals surface area contributed by atoms with E-state index >= 15 is 0 Å². The molecule has 0 spiro atoms. The number of hydrogen-bond donors (Lipinski definition) is 1. The van der Waals surface area contributed by atoms with Gasteiger partial charge in [0, 0.05) is 19.7 Å². The lowest BCUT2D eigenvalue weighted by molar-refractivity contribution is 0.0970. The van der Waals surface area contributed by atoms with Gasteiger partial charge in [0.1, 0.15) is 5.69 Å². The van der Waals surface area contributed by atoms with E-state index in [2.05, 4.69) is 20.0 Å². The van der Waals surface area contributed by atoms with Crippen molar-refractivity contribution in [2.24, 2.45) is 7.05 Å². The zero-order valence-electron chi connectivity index (χ0n) is 14.5. The molecule has 1 aliphatic heterocycles. The van der Waals surface area contributed by atoms with Crippen LogP contribution in [0.3, 0.4) is 0 Å². The van der Waals surface area contributed by atoms with Gasteiger partial charge in [0.15, 0.2) is 5.78 Å². The molecule has 0 unspecified atom stereocenters. The number of likely N-dealkylation sites (tertiary alicyclic amines) is 1. The summed E-state index contributed by atoms with van der Waals surface area (Å²) in [6.45, 7) is 3.37. The Hall–Kier alpha value is -2.47. The maximum atomic E-state index is 12.5. The van der Waals surface area contributed by atoms with Gasteiger partial charge in [-0.2, -0.15) is 5.10 Å². The predicted octanol–water partition coefficient (Wildman–Crippen LogP) is 3.02. The Morgan fingerprint density at radius 2 is 2.12 bits per heavy atom. The molecule has 0 radical (unpaired) electrons. The summed E-state index contributed by atoms with van der Waals surface area (Å²) in [6.07, 6.45) is 5.81. The van der Waals surface area contributed by atoms with Crippen molar-refractivity contribution in [1.82, 2.24) is 24.6 Å². The Morgan fingerprint density at radius 3 is 2.92 bits per heavy atom. The van der Waals surface area contributed by atoms with E-state index in [0.717, 1.165) is 35.4 Å². The number of ketones is 1. The fraction of sp³-hybridized carbons (Fsp3) is 0.421. The van der Waals surface area contributed by atoms with Crippen molar-refractivity contribution in [3.63, 3.8) is 0 Å². The summed E-state index contributed by atoms with van der Waals surface area (Å²) in [6, 6.07) is 7.77. The molecule has 0 aromatic carbocycles. The first-order valence-electron chi connectivity index (χ1n) is 8.94. The highest BCUT2D eigenvalue weighted by atomic mass is 16.1. The number of nitrogens with one attached hydrogen (secondary N) is 1. The molecule has 25 heavy (non-hydrogen) atoms. The van der Waals surface area contributed by atoms with E-state index in [1.807, 2.05) is 31.3 Å². The van der Waals surface area contributed by atoms with Crippen molar-refractivity contribution < 1.29 is 4.79 Å². The Kier molecular flexibility index (Phi) is 4.36. The van der Waals surface area contributed by atoms with Crippen molar-refractivity contribution in [2.75, 3.05) is 19.6 Å². The summed E-state index contributed by atoms with van der Waals surface area (Å²) < 4.78 is 1.76. The standard InChI is InChI=1S/C19H23N5O/c1-23-18(16-12-15-14(21-16)6-4-8-20-15)13-17(22-23)19(25)7-5-11-24-9-2-3-10-24/h4,6,8,12-13,21H,2-3,5,7,9-11H2,1H3. The van der Waals surface area contributed by atoms with Crippen LogP contribution in [0.1, 0.15) is 36.2 Å². The maximum absolute atomic E-state index is 12.5. The molecular formula is C19H23N5O. The molecular weight excluding hydrogens is 314 g/mol. The number of rotatable bonds is 6. The minimum absolute atomic E-state index is 0.121. The van der Waals surface area contributed by atoms with Gasteiger partial charge in [-0.3, -0.25) is 14.5 Å². The first kappa shape index (κ1) is 16.0. The number of aromatic nitrogens is 4. The van der Waals surface area contributed by atoms with Crippen LogP contribution in [0.4, 0.5) is 0 Å². The number of pyridine rings is 1. The zero-order chi connectivity index (χ0) is 17.2. The van der Waals surface area contributed by atoms with Crippen LogP contribution < -0.4 is 0 Å². The van der Waals surface area contributed by atoms with Crippen LogP contribution in [0, 0.1) is 0 Å². The smallest absolute Gasteiger partial charge is 0.183 e. The molecule has 1 aliphatic rings. The highest BCUT2D eigenvalue weighted by Crippen LogP contribution is 2.23. The molecule has 0 saturated carbocycles. The summed E-state index contributed by atoms with van der Waals surface area (Å²) in [5.74, 6) is 0.121. The second-order valence-corrected chi connectivity index (χ2v) is 6.73. The van der Waals surface area contributed by atoms with Gasteiger partial charge in [-0.05, 0) is 63.2 Å². The Morgan fingerprint density at radius 1 is 1.28 bits per heavy atom. The fourth-order valence-electron chi connectivity index (χ4n) is 3.55. The number of Topliss-reactive ketones (excluding diaryl/α,β-unsaturated/α-hetero) is 1. The largest absolute Gasteiger partial charge is 0.352 e. The SMILES string of the molecule is Cn1nc(C(=O)CCCN2CCCC2)cc1-c1cc2ncccc2[nH]1. The molecule has 4 heterocycles. The predicted molar refractivity (Wildman–Crippen MR) is 97.5 cm³/mol. The molecule has 0 atom stereocenters. The average molecular weight is 337 g/mol. The van der Waals surface area contributed by atoms with Gasteiger partial charge >= 0.3 is 0 Å². The lowest BCUT2D eigenvalue weighted by atomic mass is 10.1. The summed E-state index contributed by atoms with van der Waals surface area (Å²) in [4.78, 5) is 22.6. The van der Waals surface area contributed by atoms with Gasteiger partial charge in [-0.1, -0.05) is 0 Å². The van der Waals surface area contributed by atoms with E-state index in [9.17, 15) is 4.79 Å². The molecule has 4 rings (SSSR count). The number of aromatic amines is 1. The third-order valence-corrected chi connectivity index (χ3v) is 4.91. The van der Waals surface area contributed by atoms with Crippen LogP contribution in [0.5, 0.6) is 0 Å². The van der Waals surface area contributed by atoms with Crippen LogP contribution in [0.2, 0.25) is 0 Å². The fourth-order valence-corrected chi connectivity index (χ4v) is 3.55. The van der Waals surface area contributed by atoms with Crippen LogP contribution in [-0.4, -0.2) is 50.1 Å². The van der Waals surface area contributed by atoms with Crippen LogP contribution in [-0.2, 0) is 7.05 Å². The molecule has 1 N–H and O–H groups in total. The van der Waals surface area contributed by atoms with Gasteiger partial charge in [0.25, 0.3) is 0 Å². The molecule has 0 bridgehead atoms. The van der Waals surface area contributed by atoms with E-state index in [1.165, 1.54) is 25.9 Å². The quantitative estimate of drug-likeness (QED) is 0.702. The third-order valence-electron chi connectivity index (χ3n) is 4.91. The van der Waals surface area contributed by atoms with Gasteiger partial charge in [-0.15, -0.1) is 0 Å². The van der Waals surface area contributed by atoms with Crippen LogP contribution >= 0.6 is 0 Å². The molecule has 1 saturated heterocycles. The van der Waals surface area contributed by atoms with Crippen molar-refractivity contribution in [1.29, 1.82) is 0 Å². The van der Waals surface area contributed by atoms with Gasteiger partial charge < -0.3 is 9.88 Å². The van der Waals surface area contributed by atoms with E-state index in [-0.39, 0.29) is 5.78 Å². The average Bonchev–Trinajstić information content (AvgIpc) is 3.33. The van der Waals surface area contributed by atoms with Crippen molar-refractivity contribution in [2.45, 2.75) is 25.7 Å². The van der Waals surface area contributed by atoms with E-state index < -0.39 is 0 Å². The molecule has 0 aliphatic carbocycles. The number of nitrogens with zero attached hydrogens (tertiary/aromatic N) is 4. The van der Waals surface area contributed by atoms with E-state index in [4.69, 9.17) is 0 Å². The monoisotopic (exact) mass is 337 g/mol. The summed E-state index contributed by atoms with van der Waals surface area (Å²) in [5, 5.41) is 4.42. The van der Waals surface area contributed by atoms with Crippen molar-refractivity contribution >= 4 is 16.8 Å². The van der Waals surface area contributed by atoms with Crippen LogP contribution in [0.15, 0.2) is 30.5 Å². The number of carbonyl (C=O) groups is 1. The molecule has 6 nitrogen and oxygen atoms in total. The van der Waals surface area contributed by atoms with Crippen LogP contribution in [0.25, 0.3) is 22.4 Å². The molecule has 6 heteroatoms. The molecule has 0 amide bonds. The summed E-state index contributed by atoms with van der Waals surface area (Å²) in [5.41, 5.74) is 4.28. The van der Waals surface area contributed by atoms with Crippen molar-refractivity contribution in [3.8, 4) is 11.4 Å². The normalized spacial score (nSPS) is 15.2. The molecule has 130 valence electrons. The second kappa shape index (κ2) is 6.80. The first-order valence-corrected chi connectivity index (χ1v) is 8.94. The molecule has 3 aromatic rings. The van der Waals surface area contributed by atoms with E-state index in [1.54, 1.807) is 10.9 Å². The number of H-pyrrole nitrogens is 1. The summed E-state index contributed by atoms with van der Waals surface area (Å²) >= 11 is 0. The Labute approximate surface area is 146 Å². The first-order chi connectivity index (χ1) is 12.2. The van der Waals surface area contributed by atoms with Gasteiger partial charge in [-0.25, -0.2) is 0 Å². The van der Waals surface area contributed by atoms with Crippen molar-refractivity contribution in [3.05, 3.63) is 36.2 Å². The summed E-state index contributed by atoms with van der Waals surface area (Å²) in [7, 11) is 1.87. The third kappa shape index (κ3) is 3.35. The molecule has 3 aromatic heterocycles. The Bertz CT molecular complexity index is 855. The molecule has 1 fully saturated rings. The number of carbonyl (C=O) groups excluding carboxylic acids is 1. The lowest BCUT2D eigenvalue weighted by Crippen LogP contribution is -2.21. The number of aryl methyl sites for hydroxylation is 1. The topological polar surface area (TPSA) is 66.8 Å². The van der Waals surface area contributed by atoms with E-state index in [0.29, 0.717) is 12.1 Å². The number of hydrogen-bond acceptors (Lipinski definition) is 4. The zero-order valence-corrected chi connectivity index (χ0v) is 14.5. The Balaban J connectivity index is 1.46. The minimum atomic E-state index is 0.121. The highest BCUT2D eigenvalue weighted by molar-refractivity contribution is 5.95. The highest BCUT2D eigenvalue weighted by Gasteiger charge is 2.16. The lowest BCUT2D eigenvalue weighted by Gasteiger charge is -2.13. The van der Waals surface area contributed by atoms with Gasteiger partial charge in [0.2, 0.25) is 0 Å².